The molecule has 12 heteroatoms. The number of aromatic nitrogens is 3. The number of ether oxygens (including phenoxy) is 3. The summed E-state index contributed by atoms with van der Waals surface area (Å²) < 4.78 is 48.1. The third-order valence-electron chi connectivity index (χ3n) is 8.09. The van der Waals surface area contributed by atoms with Crippen molar-refractivity contribution >= 4 is 34.3 Å². The molecule has 0 aliphatic carbocycles. The van der Waals surface area contributed by atoms with Crippen LogP contribution in [0.3, 0.4) is 0 Å². The summed E-state index contributed by atoms with van der Waals surface area (Å²) in [6.07, 6.45) is 3.70. The van der Waals surface area contributed by atoms with E-state index >= 15 is 0 Å². The highest BCUT2D eigenvalue weighted by Crippen LogP contribution is 2.27. The van der Waals surface area contributed by atoms with Crippen LogP contribution >= 0.6 is 11.6 Å². The number of piperidine rings is 1. The van der Waals surface area contributed by atoms with E-state index < -0.39 is 17.6 Å². The average Bonchev–Trinajstić information content (AvgIpc) is 3.32. The van der Waals surface area contributed by atoms with E-state index in [1.807, 2.05) is 6.07 Å². The van der Waals surface area contributed by atoms with E-state index in [9.17, 15) is 18.7 Å². The van der Waals surface area contributed by atoms with Gasteiger partial charge in [0.1, 0.15) is 35.6 Å². The van der Waals surface area contributed by atoms with Crippen LogP contribution in [0.25, 0.3) is 16.7 Å². The molecule has 0 unspecified atom stereocenters. The van der Waals surface area contributed by atoms with Crippen LogP contribution in [0.1, 0.15) is 43.3 Å². The highest BCUT2D eigenvalue weighted by Gasteiger charge is 2.26. The van der Waals surface area contributed by atoms with Gasteiger partial charge in [0.05, 0.1) is 24.9 Å². The van der Waals surface area contributed by atoms with Crippen LogP contribution < -0.4 is 9.47 Å². The lowest BCUT2D eigenvalue weighted by molar-refractivity contribution is -0.131. The molecule has 4 heterocycles. The first-order chi connectivity index (χ1) is 21.7. The highest BCUT2D eigenvalue weighted by molar-refractivity contribution is 6.30. The van der Waals surface area contributed by atoms with Gasteiger partial charge in [-0.2, -0.15) is 0 Å². The lowest BCUT2D eigenvalue weighted by Crippen LogP contribution is -2.39. The van der Waals surface area contributed by atoms with Gasteiger partial charge in [0, 0.05) is 36.4 Å². The maximum atomic E-state index is 14.5. The van der Waals surface area contributed by atoms with Crippen molar-refractivity contribution in [1.82, 2.24) is 19.4 Å². The van der Waals surface area contributed by atoms with Gasteiger partial charge in [-0.15, -0.1) is 0 Å². The zero-order valence-corrected chi connectivity index (χ0v) is 25.5. The number of hydrogen-bond donors (Lipinski definition) is 1. The number of carboxylic acids is 1. The standard InChI is InChI=1S/C33H33ClF2N4O5/c1-20(14-32(41)42)28-5-6-29-33(38-28)40(17-25-10-13-43-25)31(37-29)18-39-11-8-23(9-12-39)45-24-3-4-26(35)21(15-24)19-44-30-7-2-22(34)16-27(30)36/h2-7,14-16,23,25H,8-13,17-19H2,1H3,(H,41,42)/b20-14+/t25-/m0/s1. The van der Waals surface area contributed by atoms with Crippen molar-refractivity contribution in [3.05, 3.63) is 88.3 Å². The van der Waals surface area contributed by atoms with Crippen molar-refractivity contribution in [2.75, 3.05) is 19.7 Å². The van der Waals surface area contributed by atoms with Gasteiger partial charge in [-0.3, -0.25) is 4.90 Å². The van der Waals surface area contributed by atoms with Crippen molar-refractivity contribution in [3.8, 4) is 11.5 Å². The smallest absolute Gasteiger partial charge is 0.328 e. The summed E-state index contributed by atoms with van der Waals surface area (Å²) in [6, 6.07) is 12.3. The van der Waals surface area contributed by atoms with Gasteiger partial charge in [-0.05, 0) is 80.3 Å². The number of pyridine rings is 1. The number of carboxylic acid groups (broad SMARTS) is 1. The number of imidazole rings is 1. The number of halogens is 3. The molecule has 2 aliphatic rings. The predicted molar refractivity (Wildman–Crippen MR) is 164 cm³/mol. The SMILES string of the molecule is C/C(=C\C(=O)O)c1ccc2nc(CN3CCC(Oc4ccc(F)c(COc5ccc(Cl)cc5F)c4)CC3)n(C[C@@H]3CCO3)c2n1. The number of benzene rings is 2. The number of rotatable bonds is 11. The van der Waals surface area contributed by atoms with E-state index in [2.05, 4.69) is 9.47 Å². The van der Waals surface area contributed by atoms with Gasteiger partial charge in [0.15, 0.2) is 17.2 Å². The molecule has 6 rings (SSSR count). The zero-order valence-electron chi connectivity index (χ0n) is 24.7. The molecule has 0 radical (unpaired) electrons. The molecule has 2 aromatic heterocycles. The fourth-order valence-corrected chi connectivity index (χ4v) is 5.69. The van der Waals surface area contributed by atoms with Crippen molar-refractivity contribution < 1.29 is 32.9 Å². The first kappa shape index (κ1) is 30.9. The minimum absolute atomic E-state index is 0.00686. The number of carbonyl (C=O) groups is 1. The van der Waals surface area contributed by atoms with Crippen LogP contribution in [0.4, 0.5) is 8.78 Å². The van der Waals surface area contributed by atoms with Crippen molar-refractivity contribution in [2.45, 2.75) is 58.1 Å². The fraction of sp³-hybridized carbons (Fsp3) is 0.364. The van der Waals surface area contributed by atoms with E-state index in [0.29, 0.717) is 35.8 Å². The molecular weight excluding hydrogens is 606 g/mol. The molecule has 0 bridgehead atoms. The van der Waals surface area contributed by atoms with E-state index in [0.717, 1.165) is 62.4 Å². The number of fused-ring (bicyclic) bond motifs is 1. The maximum Gasteiger partial charge on any atom is 0.328 e. The molecular formula is C33H33ClF2N4O5. The number of likely N-dealkylation sites (tertiary alicyclic amines) is 1. The molecule has 0 saturated carbocycles. The quantitative estimate of drug-likeness (QED) is 0.192. The summed E-state index contributed by atoms with van der Waals surface area (Å²) in [7, 11) is 0. The largest absolute Gasteiger partial charge is 0.490 e. The van der Waals surface area contributed by atoms with Crippen molar-refractivity contribution in [1.29, 1.82) is 0 Å². The maximum absolute atomic E-state index is 14.5. The Morgan fingerprint density at radius 3 is 2.60 bits per heavy atom. The molecule has 2 saturated heterocycles. The van der Waals surface area contributed by atoms with Crippen LogP contribution in [0.5, 0.6) is 11.5 Å². The summed E-state index contributed by atoms with van der Waals surface area (Å²) >= 11 is 5.80. The molecule has 9 nitrogen and oxygen atoms in total. The Kier molecular flexibility index (Phi) is 9.29. The number of allylic oxidation sites excluding steroid dienone is 1. The summed E-state index contributed by atoms with van der Waals surface area (Å²) in [5, 5.41) is 9.42. The first-order valence-corrected chi connectivity index (χ1v) is 15.2. The minimum Gasteiger partial charge on any atom is -0.490 e. The molecule has 0 amide bonds. The molecule has 0 spiro atoms. The van der Waals surface area contributed by atoms with Crippen LogP contribution in [-0.2, 0) is 29.2 Å². The number of hydrogen-bond acceptors (Lipinski definition) is 7. The van der Waals surface area contributed by atoms with Crippen LogP contribution in [0.15, 0.2) is 54.6 Å². The van der Waals surface area contributed by atoms with Crippen LogP contribution in [0.2, 0.25) is 5.02 Å². The summed E-state index contributed by atoms with van der Waals surface area (Å²) in [6.45, 7) is 5.12. The average molecular weight is 639 g/mol. The second-order valence-electron chi connectivity index (χ2n) is 11.3. The fourth-order valence-electron chi connectivity index (χ4n) is 5.53. The van der Waals surface area contributed by atoms with E-state index in [4.69, 9.17) is 35.8 Å². The van der Waals surface area contributed by atoms with Crippen molar-refractivity contribution in [2.24, 2.45) is 0 Å². The lowest BCUT2D eigenvalue weighted by atomic mass is 10.1. The van der Waals surface area contributed by atoms with Gasteiger partial charge in [0.2, 0.25) is 0 Å². The van der Waals surface area contributed by atoms with Crippen molar-refractivity contribution in [3.63, 3.8) is 0 Å². The third-order valence-corrected chi connectivity index (χ3v) is 8.33. The third kappa shape index (κ3) is 7.43. The Labute approximate surface area is 264 Å². The molecule has 4 aromatic rings. The van der Waals surface area contributed by atoms with Gasteiger partial charge < -0.3 is 23.9 Å². The summed E-state index contributed by atoms with van der Waals surface area (Å²) in [4.78, 5) is 23.2. The zero-order chi connectivity index (χ0) is 31.5. The number of aliphatic carboxylic acids is 1. The predicted octanol–water partition coefficient (Wildman–Crippen LogP) is 6.26. The van der Waals surface area contributed by atoms with Gasteiger partial charge in [-0.25, -0.2) is 23.5 Å². The van der Waals surface area contributed by atoms with Crippen LogP contribution in [0, 0.1) is 11.6 Å². The van der Waals surface area contributed by atoms with E-state index in [1.165, 1.54) is 18.2 Å². The topological polar surface area (TPSA) is 98.9 Å². The first-order valence-electron chi connectivity index (χ1n) is 14.9. The van der Waals surface area contributed by atoms with E-state index in [1.54, 1.807) is 25.1 Å². The van der Waals surface area contributed by atoms with Gasteiger partial charge in [0.25, 0.3) is 0 Å². The molecule has 45 heavy (non-hydrogen) atoms. The van der Waals surface area contributed by atoms with E-state index in [-0.39, 0.29) is 35.2 Å². The Morgan fingerprint density at radius 1 is 1.09 bits per heavy atom. The molecule has 1 atom stereocenters. The molecule has 2 aromatic carbocycles. The second kappa shape index (κ2) is 13.5. The summed E-state index contributed by atoms with van der Waals surface area (Å²) in [5.41, 5.74) is 2.89. The molecule has 2 aliphatic heterocycles. The second-order valence-corrected chi connectivity index (χ2v) is 11.8. The Balaban J connectivity index is 1.09. The highest BCUT2D eigenvalue weighted by atomic mass is 35.5. The Morgan fingerprint density at radius 2 is 1.89 bits per heavy atom. The molecule has 2 fully saturated rings. The minimum atomic E-state index is -1.02. The summed E-state index contributed by atoms with van der Waals surface area (Å²) in [5.74, 6) is -0.688. The van der Waals surface area contributed by atoms with Gasteiger partial charge >= 0.3 is 5.97 Å². The Bertz CT molecular complexity index is 1730. The Hall–Kier alpha value is -4.06. The molecule has 1 N–H and O–H groups in total. The monoisotopic (exact) mass is 638 g/mol. The number of nitrogens with zero attached hydrogens (tertiary/aromatic N) is 4. The molecule has 236 valence electrons. The lowest BCUT2D eigenvalue weighted by Gasteiger charge is -2.32. The van der Waals surface area contributed by atoms with Gasteiger partial charge in [-0.1, -0.05) is 11.6 Å². The van der Waals surface area contributed by atoms with Crippen LogP contribution in [-0.4, -0.2) is 62.4 Å². The normalized spacial score (nSPS) is 17.8.